The second-order valence-electron chi connectivity index (χ2n) is 2.22. The van der Waals surface area contributed by atoms with Crippen LogP contribution in [0.2, 0.25) is 5.02 Å². The Labute approximate surface area is 72.2 Å². The molecule has 0 fully saturated rings. The lowest BCUT2D eigenvalue weighted by molar-refractivity contribution is 0.146. The minimum Gasteiger partial charge on any atom is -0.257 e. The molecule has 0 amide bonds. The summed E-state index contributed by atoms with van der Waals surface area (Å²) in [4.78, 5) is 3.48. The van der Waals surface area contributed by atoms with E-state index in [2.05, 4.69) is 4.98 Å². The molecule has 1 nitrogen and oxygen atoms in total. The quantitative estimate of drug-likeness (QED) is 0.671. The van der Waals surface area contributed by atoms with E-state index in [1.807, 2.05) is 0 Å². The molecule has 0 aromatic carbocycles. The fraction of sp³-hybridized carbons (Fsp3) is 0.286. The average molecular weight is 196 g/mol. The van der Waals surface area contributed by atoms with Crippen LogP contribution in [-0.4, -0.2) is 4.98 Å². The molecule has 1 aromatic rings. The summed E-state index contributed by atoms with van der Waals surface area (Å²) < 4.78 is 36.9. The van der Waals surface area contributed by atoms with Crippen molar-refractivity contribution in [2.24, 2.45) is 0 Å². The van der Waals surface area contributed by atoms with Crippen LogP contribution in [0.5, 0.6) is 0 Å². The molecular formula is C7H5ClF3N. The molecule has 0 saturated carbocycles. The number of rotatable bonds is 1. The van der Waals surface area contributed by atoms with Gasteiger partial charge in [0.1, 0.15) is 0 Å². The standard InChI is InChI=1S/C7H5ClF3N/c1-3-6(8)5(7(10)11)4(9)2-12-3/h2,7H,1H3. The van der Waals surface area contributed by atoms with Gasteiger partial charge in [-0.25, -0.2) is 13.2 Å². The zero-order valence-corrected chi connectivity index (χ0v) is 6.87. The summed E-state index contributed by atoms with van der Waals surface area (Å²) in [6.45, 7) is 1.44. The van der Waals surface area contributed by atoms with Gasteiger partial charge in [-0.1, -0.05) is 11.6 Å². The Morgan fingerprint density at radius 1 is 1.50 bits per heavy atom. The van der Waals surface area contributed by atoms with Crippen molar-refractivity contribution in [1.82, 2.24) is 4.98 Å². The highest BCUT2D eigenvalue weighted by molar-refractivity contribution is 6.32. The molecule has 66 valence electrons. The Hall–Kier alpha value is -0.770. The van der Waals surface area contributed by atoms with E-state index in [9.17, 15) is 13.2 Å². The summed E-state index contributed by atoms with van der Waals surface area (Å²) in [5.74, 6) is -1.07. The number of aromatic nitrogens is 1. The summed E-state index contributed by atoms with van der Waals surface area (Å²) in [7, 11) is 0. The van der Waals surface area contributed by atoms with Crippen molar-refractivity contribution in [2.75, 3.05) is 0 Å². The van der Waals surface area contributed by atoms with E-state index < -0.39 is 17.8 Å². The van der Waals surface area contributed by atoms with Crippen LogP contribution in [0.4, 0.5) is 13.2 Å². The van der Waals surface area contributed by atoms with Crippen LogP contribution in [0, 0.1) is 12.7 Å². The third kappa shape index (κ3) is 1.53. The summed E-state index contributed by atoms with van der Waals surface area (Å²) >= 11 is 5.41. The maximum absolute atomic E-state index is 12.7. The number of hydrogen-bond donors (Lipinski definition) is 0. The number of hydrogen-bond acceptors (Lipinski definition) is 1. The number of halogens is 4. The van der Waals surface area contributed by atoms with Crippen molar-refractivity contribution in [2.45, 2.75) is 13.3 Å². The van der Waals surface area contributed by atoms with Gasteiger partial charge in [0, 0.05) is 0 Å². The van der Waals surface area contributed by atoms with Crippen LogP contribution >= 0.6 is 11.6 Å². The van der Waals surface area contributed by atoms with Crippen molar-refractivity contribution in [3.63, 3.8) is 0 Å². The van der Waals surface area contributed by atoms with Gasteiger partial charge in [0.15, 0.2) is 5.82 Å². The fourth-order valence-electron chi connectivity index (χ4n) is 0.779. The lowest BCUT2D eigenvalue weighted by Gasteiger charge is -2.05. The smallest absolute Gasteiger partial charge is 0.257 e. The molecule has 0 aliphatic heterocycles. The van der Waals surface area contributed by atoms with Crippen molar-refractivity contribution in [1.29, 1.82) is 0 Å². The molecule has 0 atom stereocenters. The van der Waals surface area contributed by atoms with E-state index in [-0.39, 0.29) is 10.7 Å². The summed E-state index contributed by atoms with van der Waals surface area (Å²) in [6, 6.07) is 0. The van der Waals surface area contributed by atoms with Crippen molar-refractivity contribution in [3.8, 4) is 0 Å². The van der Waals surface area contributed by atoms with Crippen molar-refractivity contribution < 1.29 is 13.2 Å². The van der Waals surface area contributed by atoms with Crippen molar-refractivity contribution in [3.05, 3.63) is 28.3 Å². The molecular weight excluding hydrogens is 191 g/mol. The van der Waals surface area contributed by atoms with E-state index in [4.69, 9.17) is 11.6 Å². The maximum atomic E-state index is 12.7. The number of aryl methyl sites for hydroxylation is 1. The third-order valence-corrected chi connectivity index (χ3v) is 1.88. The van der Waals surface area contributed by atoms with Gasteiger partial charge in [-0.3, -0.25) is 4.98 Å². The van der Waals surface area contributed by atoms with Gasteiger partial charge in [-0.15, -0.1) is 0 Å². The molecule has 0 aliphatic rings. The first-order chi connectivity index (χ1) is 5.54. The maximum Gasteiger partial charge on any atom is 0.268 e. The summed E-state index contributed by atoms with van der Waals surface area (Å²) in [6.07, 6.45) is -2.16. The first-order valence-corrected chi connectivity index (χ1v) is 3.50. The van der Waals surface area contributed by atoms with Crippen LogP contribution in [0.25, 0.3) is 0 Å². The van der Waals surface area contributed by atoms with Gasteiger partial charge in [0.05, 0.1) is 22.5 Å². The minimum absolute atomic E-state index is 0.202. The topological polar surface area (TPSA) is 12.9 Å². The average Bonchev–Trinajstić information content (AvgIpc) is 1.97. The first kappa shape index (κ1) is 9.32. The molecule has 1 aromatic heterocycles. The molecule has 1 rings (SSSR count). The van der Waals surface area contributed by atoms with Crippen LogP contribution in [-0.2, 0) is 0 Å². The highest BCUT2D eigenvalue weighted by Crippen LogP contribution is 2.30. The molecule has 0 radical (unpaired) electrons. The summed E-state index contributed by atoms with van der Waals surface area (Å²) in [5, 5.41) is -0.301. The molecule has 1 heterocycles. The number of pyridine rings is 1. The minimum atomic E-state index is -2.90. The van der Waals surface area contributed by atoms with Crippen LogP contribution < -0.4 is 0 Å². The van der Waals surface area contributed by atoms with E-state index in [1.165, 1.54) is 6.92 Å². The molecule has 0 saturated heterocycles. The number of nitrogens with zero attached hydrogens (tertiary/aromatic N) is 1. The van der Waals surface area contributed by atoms with Crippen LogP contribution in [0.15, 0.2) is 6.20 Å². The highest BCUT2D eigenvalue weighted by atomic mass is 35.5. The Bertz CT molecular complexity index is 301. The second kappa shape index (κ2) is 3.31. The van der Waals surface area contributed by atoms with E-state index >= 15 is 0 Å². The van der Waals surface area contributed by atoms with E-state index in [0.717, 1.165) is 6.20 Å². The second-order valence-corrected chi connectivity index (χ2v) is 2.60. The molecule has 0 N–H and O–H groups in total. The fourth-order valence-corrected chi connectivity index (χ4v) is 1.00. The van der Waals surface area contributed by atoms with E-state index in [1.54, 1.807) is 0 Å². The summed E-state index contributed by atoms with van der Waals surface area (Å²) in [5.41, 5.74) is -0.572. The monoisotopic (exact) mass is 195 g/mol. The Balaban J connectivity index is 3.33. The lowest BCUT2D eigenvalue weighted by Crippen LogP contribution is -1.96. The molecule has 5 heteroatoms. The highest BCUT2D eigenvalue weighted by Gasteiger charge is 2.19. The van der Waals surface area contributed by atoms with Gasteiger partial charge in [0.2, 0.25) is 0 Å². The Kier molecular flexibility index (Phi) is 2.57. The normalized spacial score (nSPS) is 10.8. The zero-order chi connectivity index (χ0) is 9.30. The predicted octanol–water partition coefficient (Wildman–Crippen LogP) is 3.12. The molecule has 12 heavy (non-hydrogen) atoms. The van der Waals surface area contributed by atoms with Crippen LogP contribution in [0.1, 0.15) is 17.7 Å². The largest absolute Gasteiger partial charge is 0.268 e. The molecule has 0 bridgehead atoms. The molecule has 0 unspecified atom stereocenters. The molecule has 0 spiro atoms. The van der Waals surface area contributed by atoms with Crippen LogP contribution in [0.3, 0.4) is 0 Å². The lowest BCUT2D eigenvalue weighted by atomic mass is 10.2. The van der Waals surface area contributed by atoms with Gasteiger partial charge in [-0.05, 0) is 6.92 Å². The first-order valence-electron chi connectivity index (χ1n) is 3.12. The predicted molar refractivity (Wildman–Crippen MR) is 38.9 cm³/mol. The number of alkyl halides is 2. The van der Waals surface area contributed by atoms with Gasteiger partial charge in [0.25, 0.3) is 6.43 Å². The zero-order valence-electron chi connectivity index (χ0n) is 6.11. The van der Waals surface area contributed by atoms with Gasteiger partial charge >= 0.3 is 0 Å². The van der Waals surface area contributed by atoms with Crippen molar-refractivity contribution >= 4 is 11.6 Å². The van der Waals surface area contributed by atoms with Gasteiger partial charge < -0.3 is 0 Å². The van der Waals surface area contributed by atoms with Gasteiger partial charge in [-0.2, -0.15) is 0 Å². The SMILES string of the molecule is Cc1ncc(F)c(C(F)F)c1Cl. The third-order valence-electron chi connectivity index (χ3n) is 1.40. The Morgan fingerprint density at radius 3 is 2.50 bits per heavy atom. The Morgan fingerprint density at radius 2 is 2.08 bits per heavy atom. The molecule has 0 aliphatic carbocycles. The van der Waals surface area contributed by atoms with E-state index in [0.29, 0.717) is 0 Å².